The number of urea groups is 1. The van der Waals surface area contributed by atoms with Gasteiger partial charge in [0.2, 0.25) is 0 Å². The van der Waals surface area contributed by atoms with E-state index >= 15 is 0 Å². The van der Waals surface area contributed by atoms with Crippen LogP contribution in [0.3, 0.4) is 0 Å². The van der Waals surface area contributed by atoms with Gasteiger partial charge in [-0.3, -0.25) is 0 Å². The summed E-state index contributed by atoms with van der Waals surface area (Å²) in [5.74, 6) is 0.344. The Bertz CT molecular complexity index is 732. The van der Waals surface area contributed by atoms with Crippen molar-refractivity contribution in [1.82, 2.24) is 9.80 Å². The summed E-state index contributed by atoms with van der Waals surface area (Å²) in [6.07, 6.45) is 2.79. The minimum absolute atomic E-state index is 0.0442. The van der Waals surface area contributed by atoms with E-state index in [4.69, 9.17) is 0 Å². The van der Waals surface area contributed by atoms with Gasteiger partial charge in [-0.1, -0.05) is 32.9 Å². The molecule has 0 saturated carbocycles. The van der Waals surface area contributed by atoms with Crippen LogP contribution in [0.25, 0.3) is 0 Å². The first-order valence-electron chi connectivity index (χ1n) is 9.80. The van der Waals surface area contributed by atoms with Crippen molar-refractivity contribution in [2.24, 2.45) is 5.41 Å². The summed E-state index contributed by atoms with van der Waals surface area (Å²) in [6, 6.07) is 5.92. The van der Waals surface area contributed by atoms with Crippen LogP contribution in [0.4, 0.5) is 4.79 Å². The van der Waals surface area contributed by atoms with Crippen molar-refractivity contribution in [3.63, 3.8) is 0 Å². The number of rotatable bonds is 0. The maximum Gasteiger partial charge on any atom is 0.320 e. The number of aliphatic hydroxyl groups is 1. The number of aliphatic hydroxyl groups excluding tert-OH is 1. The molecule has 26 heavy (non-hydrogen) atoms. The number of hydrogen-bond acceptors (Lipinski definition) is 3. The van der Waals surface area contributed by atoms with Gasteiger partial charge in [-0.15, -0.1) is 0 Å². The lowest BCUT2D eigenvalue weighted by atomic mass is 9.51. The Labute approximate surface area is 155 Å². The molecule has 0 radical (unpaired) electrons. The van der Waals surface area contributed by atoms with E-state index in [1.165, 1.54) is 5.56 Å². The molecule has 2 aliphatic heterocycles. The van der Waals surface area contributed by atoms with Crippen LogP contribution in [-0.4, -0.2) is 57.8 Å². The summed E-state index contributed by atoms with van der Waals surface area (Å²) in [7, 11) is 0. The second kappa shape index (κ2) is 5.88. The molecule has 2 saturated heterocycles. The highest BCUT2D eigenvalue weighted by atomic mass is 16.3. The average Bonchev–Trinajstić information content (AvgIpc) is 2.58. The van der Waals surface area contributed by atoms with E-state index in [0.717, 1.165) is 37.9 Å². The molecule has 2 amide bonds. The normalized spacial score (nSPS) is 32.9. The van der Waals surface area contributed by atoms with Gasteiger partial charge in [-0.25, -0.2) is 4.79 Å². The monoisotopic (exact) mass is 358 g/mol. The fourth-order valence-corrected chi connectivity index (χ4v) is 5.47. The van der Waals surface area contributed by atoms with Gasteiger partial charge in [0.1, 0.15) is 5.75 Å². The number of β-amino-alcohol motifs (C(OH)–C–C–N with tert-alkyl or cyclic N) is 1. The number of carbonyl (C=O) groups is 1. The zero-order valence-corrected chi connectivity index (χ0v) is 16.0. The molecule has 3 atom stereocenters. The van der Waals surface area contributed by atoms with Crippen molar-refractivity contribution in [2.75, 3.05) is 19.6 Å². The third kappa shape index (κ3) is 2.36. The summed E-state index contributed by atoms with van der Waals surface area (Å²) in [5.41, 5.74) is 2.08. The molecule has 2 fully saturated rings. The molecule has 1 aromatic rings. The first-order chi connectivity index (χ1) is 12.3. The Hall–Kier alpha value is -1.75. The predicted molar refractivity (Wildman–Crippen MR) is 100 cm³/mol. The molecule has 2 heterocycles. The molecule has 2 N–H and O–H groups in total. The van der Waals surface area contributed by atoms with Gasteiger partial charge < -0.3 is 20.0 Å². The molecule has 1 aromatic carbocycles. The Balaban J connectivity index is 1.70. The van der Waals surface area contributed by atoms with Gasteiger partial charge in [0.05, 0.1) is 6.10 Å². The maximum atomic E-state index is 13.3. The number of nitrogens with zero attached hydrogens (tertiary/aromatic N) is 2. The minimum Gasteiger partial charge on any atom is -0.508 e. The number of aromatic hydroxyl groups is 1. The Morgan fingerprint density at radius 2 is 2.00 bits per heavy atom. The second-order valence-corrected chi connectivity index (χ2v) is 9.05. The lowest BCUT2D eigenvalue weighted by Gasteiger charge is -2.61. The first kappa shape index (κ1) is 17.7. The summed E-state index contributed by atoms with van der Waals surface area (Å²) in [6.45, 7) is 8.68. The highest BCUT2D eigenvalue weighted by Gasteiger charge is 2.57. The van der Waals surface area contributed by atoms with E-state index < -0.39 is 6.10 Å². The van der Waals surface area contributed by atoms with Crippen molar-refractivity contribution < 1.29 is 15.0 Å². The SMILES string of the molecule is CC1(C)[C@H]2Cc3c(O)cccc3[C@]1(C)CCN2C(=O)N1CCCC(O)C1. The van der Waals surface area contributed by atoms with E-state index in [-0.39, 0.29) is 22.9 Å². The van der Waals surface area contributed by atoms with Gasteiger partial charge in [0.25, 0.3) is 0 Å². The standard InChI is InChI=1S/C21H30N2O3/c1-20(2)18-12-15-16(7-4-8-17(15)25)21(20,3)9-11-23(18)19(26)22-10-5-6-14(24)13-22/h4,7-8,14,18,24-25H,5-6,9-13H2,1-3H3/t14?,18-,21+/m1/s1. The molecule has 142 valence electrons. The number of piperidine rings is 2. The van der Waals surface area contributed by atoms with Crippen molar-refractivity contribution >= 4 is 6.03 Å². The lowest BCUT2D eigenvalue weighted by molar-refractivity contribution is -0.0287. The molecular formula is C21H30N2O3. The number of amides is 2. The number of phenolic OH excluding ortho intramolecular Hbond substituents is 1. The molecule has 0 spiro atoms. The highest BCUT2D eigenvalue weighted by Crippen LogP contribution is 2.57. The number of phenols is 1. The van der Waals surface area contributed by atoms with Gasteiger partial charge in [0.15, 0.2) is 0 Å². The van der Waals surface area contributed by atoms with Crippen LogP contribution in [0.5, 0.6) is 5.75 Å². The van der Waals surface area contributed by atoms with Crippen molar-refractivity contribution in [2.45, 2.75) is 64.0 Å². The average molecular weight is 358 g/mol. The van der Waals surface area contributed by atoms with Crippen LogP contribution in [0.1, 0.15) is 51.2 Å². The Morgan fingerprint density at radius 1 is 1.23 bits per heavy atom. The topological polar surface area (TPSA) is 64.0 Å². The van der Waals surface area contributed by atoms with Crippen LogP contribution in [0.2, 0.25) is 0 Å². The zero-order chi connectivity index (χ0) is 18.7. The van der Waals surface area contributed by atoms with Crippen molar-refractivity contribution in [3.8, 4) is 5.75 Å². The van der Waals surface area contributed by atoms with E-state index in [2.05, 4.69) is 26.8 Å². The third-order valence-corrected chi connectivity index (χ3v) is 7.54. The molecule has 1 unspecified atom stereocenters. The Kier molecular flexibility index (Phi) is 3.99. The minimum atomic E-state index is -0.410. The van der Waals surface area contributed by atoms with Gasteiger partial charge in [-0.2, -0.15) is 0 Å². The third-order valence-electron chi connectivity index (χ3n) is 7.54. The van der Waals surface area contributed by atoms with Gasteiger partial charge in [0, 0.05) is 31.1 Å². The lowest BCUT2D eigenvalue weighted by Crippen LogP contribution is -2.66. The van der Waals surface area contributed by atoms with Crippen LogP contribution < -0.4 is 0 Å². The van der Waals surface area contributed by atoms with Crippen LogP contribution in [0, 0.1) is 5.41 Å². The van der Waals surface area contributed by atoms with E-state index in [1.807, 2.05) is 15.9 Å². The molecule has 5 heteroatoms. The summed E-state index contributed by atoms with van der Waals surface area (Å²) in [5, 5.41) is 20.4. The first-order valence-corrected chi connectivity index (χ1v) is 9.80. The van der Waals surface area contributed by atoms with Gasteiger partial charge >= 0.3 is 6.03 Å². The zero-order valence-electron chi connectivity index (χ0n) is 16.0. The number of hydrogen-bond donors (Lipinski definition) is 2. The molecule has 0 aromatic heterocycles. The maximum absolute atomic E-state index is 13.3. The van der Waals surface area contributed by atoms with Crippen LogP contribution >= 0.6 is 0 Å². The molecule has 2 bridgehead atoms. The van der Waals surface area contributed by atoms with Gasteiger partial charge in [-0.05, 0) is 48.3 Å². The van der Waals surface area contributed by atoms with E-state index in [1.54, 1.807) is 6.07 Å². The van der Waals surface area contributed by atoms with Crippen molar-refractivity contribution in [3.05, 3.63) is 29.3 Å². The number of benzene rings is 1. The Morgan fingerprint density at radius 3 is 2.73 bits per heavy atom. The van der Waals surface area contributed by atoms with Crippen LogP contribution in [-0.2, 0) is 11.8 Å². The largest absolute Gasteiger partial charge is 0.508 e. The van der Waals surface area contributed by atoms with Crippen molar-refractivity contribution in [1.29, 1.82) is 0 Å². The molecule has 3 aliphatic rings. The second-order valence-electron chi connectivity index (χ2n) is 9.05. The fraction of sp³-hybridized carbons (Fsp3) is 0.667. The number of carbonyl (C=O) groups excluding carboxylic acids is 1. The summed E-state index contributed by atoms with van der Waals surface area (Å²) in [4.78, 5) is 17.1. The fourth-order valence-electron chi connectivity index (χ4n) is 5.47. The number of likely N-dealkylation sites (tertiary alicyclic amines) is 2. The predicted octanol–water partition coefficient (Wildman–Crippen LogP) is 2.88. The molecule has 1 aliphatic carbocycles. The molecular weight excluding hydrogens is 328 g/mol. The quantitative estimate of drug-likeness (QED) is 0.749. The highest BCUT2D eigenvalue weighted by molar-refractivity contribution is 5.76. The molecule has 4 rings (SSSR count). The smallest absolute Gasteiger partial charge is 0.320 e. The van der Waals surface area contributed by atoms with Crippen LogP contribution in [0.15, 0.2) is 18.2 Å². The molecule has 5 nitrogen and oxygen atoms in total. The number of fused-ring (bicyclic) bond motifs is 4. The van der Waals surface area contributed by atoms with E-state index in [9.17, 15) is 15.0 Å². The summed E-state index contributed by atoms with van der Waals surface area (Å²) < 4.78 is 0. The summed E-state index contributed by atoms with van der Waals surface area (Å²) >= 11 is 0. The van der Waals surface area contributed by atoms with E-state index in [0.29, 0.717) is 18.7 Å².